The van der Waals surface area contributed by atoms with E-state index in [0.29, 0.717) is 10.6 Å². The third-order valence-corrected chi connectivity index (χ3v) is 3.76. The minimum atomic E-state index is -1.05. The summed E-state index contributed by atoms with van der Waals surface area (Å²) in [7, 11) is 0. The second kappa shape index (κ2) is 4.73. The van der Waals surface area contributed by atoms with Crippen LogP contribution in [0.25, 0.3) is 5.69 Å². The number of benzene rings is 1. The molecule has 0 bridgehead atoms. The largest absolute Gasteiger partial charge is 0.384 e. The van der Waals surface area contributed by atoms with Gasteiger partial charge in [-0.2, -0.15) is 0 Å². The molecule has 0 saturated carbocycles. The lowest BCUT2D eigenvalue weighted by atomic mass is 10.1. The van der Waals surface area contributed by atoms with Crippen LogP contribution in [0, 0.1) is 11.6 Å². The molecule has 0 unspecified atom stereocenters. The van der Waals surface area contributed by atoms with Gasteiger partial charge in [-0.25, -0.2) is 8.78 Å². The lowest BCUT2D eigenvalue weighted by Gasteiger charge is -2.14. The Balaban J connectivity index is 2.40. The van der Waals surface area contributed by atoms with E-state index < -0.39 is 34.8 Å². The van der Waals surface area contributed by atoms with E-state index in [4.69, 9.17) is 5.73 Å². The maximum absolute atomic E-state index is 14.0. The number of aromatic nitrogens is 1. The van der Waals surface area contributed by atoms with Gasteiger partial charge in [-0.05, 0) is 22.0 Å². The number of nitrogens with zero attached hydrogens (tertiary/aromatic N) is 1. The molecule has 0 saturated heterocycles. The fraction of sp³-hybridized carbons (Fsp3) is 0. The number of imide groups is 1. The molecule has 112 valence electrons. The van der Waals surface area contributed by atoms with E-state index in [0.717, 1.165) is 12.1 Å². The molecule has 2 amide bonds. The lowest BCUT2D eigenvalue weighted by Crippen LogP contribution is -2.25. The average Bonchev–Trinajstić information content (AvgIpc) is 2.67. The molecule has 0 spiro atoms. The van der Waals surface area contributed by atoms with Crippen LogP contribution in [0.3, 0.4) is 0 Å². The highest BCUT2D eigenvalue weighted by Gasteiger charge is 2.32. The van der Waals surface area contributed by atoms with Gasteiger partial charge in [-0.3, -0.25) is 24.3 Å². The average molecular weight is 370 g/mol. The highest BCUT2D eigenvalue weighted by molar-refractivity contribution is 9.10. The third kappa shape index (κ3) is 1.93. The van der Waals surface area contributed by atoms with Crippen molar-refractivity contribution in [2.24, 2.45) is 0 Å². The smallest absolute Gasteiger partial charge is 0.262 e. The quantitative estimate of drug-likeness (QED) is 0.741. The second-order valence-corrected chi connectivity index (χ2v) is 5.35. The molecular weight excluding hydrogens is 364 g/mol. The Morgan fingerprint density at radius 3 is 2.41 bits per heavy atom. The number of nitrogen functional groups attached to an aromatic ring is 1. The van der Waals surface area contributed by atoms with Gasteiger partial charge in [0.05, 0.1) is 11.1 Å². The molecular formula is C13H6BrF2N3O3. The number of nitrogens with one attached hydrogen (secondary N) is 1. The van der Waals surface area contributed by atoms with E-state index in [1.807, 2.05) is 5.32 Å². The first-order valence-electron chi connectivity index (χ1n) is 5.87. The summed E-state index contributed by atoms with van der Waals surface area (Å²) in [5, 5.41) is 1.99. The van der Waals surface area contributed by atoms with E-state index in [1.165, 1.54) is 0 Å². The van der Waals surface area contributed by atoms with Crippen molar-refractivity contribution in [3.8, 4) is 5.69 Å². The van der Waals surface area contributed by atoms with Crippen LogP contribution >= 0.6 is 15.9 Å². The molecule has 0 fully saturated rings. The van der Waals surface area contributed by atoms with Crippen LogP contribution in [-0.2, 0) is 0 Å². The van der Waals surface area contributed by atoms with E-state index in [2.05, 4.69) is 15.9 Å². The monoisotopic (exact) mass is 369 g/mol. The van der Waals surface area contributed by atoms with Gasteiger partial charge < -0.3 is 5.73 Å². The molecule has 0 atom stereocenters. The summed E-state index contributed by atoms with van der Waals surface area (Å²) in [5.74, 6) is -3.85. The molecule has 6 nitrogen and oxygen atoms in total. The number of anilines is 1. The normalized spacial score (nSPS) is 13.2. The summed E-state index contributed by atoms with van der Waals surface area (Å²) in [6.07, 6.45) is 0. The second-order valence-electron chi connectivity index (χ2n) is 4.49. The molecule has 3 rings (SSSR count). The van der Waals surface area contributed by atoms with Crippen LogP contribution in [0.4, 0.5) is 14.6 Å². The van der Waals surface area contributed by atoms with Gasteiger partial charge in [0.25, 0.3) is 17.4 Å². The molecule has 2 aromatic rings. The Bertz CT molecular complexity index is 900. The first-order chi connectivity index (χ1) is 10.3. The number of fused-ring (bicyclic) bond motifs is 1. The molecule has 22 heavy (non-hydrogen) atoms. The third-order valence-electron chi connectivity index (χ3n) is 3.16. The number of amides is 2. The summed E-state index contributed by atoms with van der Waals surface area (Å²) in [4.78, 5) is 35.4. The first-order valence-corrected chi connectivity index (χ1v) is 6.66. The standard InChI is InChI=1S/C13H6BrF2N3O3/c14-6-1-4(15)2-7(16)10(6)19-8(20)3-5-9(11(19)17)13(22)18-12(5)21/h1-3H,17H2,(H,18,21,22). The van der Waals surface area contributed by atoms with Gasteiger partial charge in [0.2, 0.25) is 0 Å². The van der Waals surface area contributed by atoms with E-state index >= 15 is 0 Å². The molecule has 9 heteroatoms. The van der Waals surface area contributed by atoms with Crippen LogP contribution < -0.4 is 16.6 Å². The Hall–Kier alpha value is -2.55. The molecule has 2 heterocycles. The first kappa shape index (κ1) is 14.4. The molecule has 1 aromatic heterocycles. The van der Waals surface area contributed by atoms with Gasteiger partial charge >= 0.3 is 0 Å². The number of carbonyl (C=O) groups is 2. The Kier molecular flexibility index (Phi) is 3.10. The predicted molar refractivity (Wildman–Crippen MR) is 75.9 cm³/mol. The van der Waals surface area contributed by atoms with Crippen LogP contribution in [-0.4, -0.2) is 16.4 Å². The lowest BCUT2D eigenvalue weighted by molar-refractivity contribution is 0.0880. The van der Waals surface area contributed by atoms with Gasteiger partial charge in [-0.15, -0.1) is 0 Å². The van der Waals surface area contributed by atoms with Crippen molar-refractivity contribution in [1.29, 1.82) is 0 Å². The molecule has 1 aromatic carbocycles. The summed E-state index contributed by atoms with van der Waals surface area (Å²) >= 11 is 2.95. The number of hydrogen-bond donors (Lipinski definition) is 2. The predicted octanol–water partition coefficient (Wildman–Crippen LogP) is 1.34. The minimum absolute atomic E-state index is 0.0662. The van der Waals surface area contributed by atoms with Crippen molar-refractivity contribution < 1.29 is 18.4 Å². The number of hydrogen-bond acceptors (Lipinski definition) is 4. The van der Waals surface area contributed by atoms with Gasteiger partial charge in [0.15, 0.2) is 5.82 Å². The van der Waals surface area contributed by atoms with Gasteiger partial charge in [-0.1, -0.05) is 0 Å². The maximum Gasteiger partial charge on any atom is 0.262 e. The van der Waals surface area contributed by atoms with Crippen LogP contribution in [0.1, 0.15) is 20.7 Å². The number of nitrogens with two attached hydrogens (primary N) is 1. The van der Waals surface area contributed by atoms with Gasteiger partial charge in [0, 0.05) is 16.6 Å². The fourth-order valence-corrected chi connectivity index (χ4v) is 2.84. The highest BCUT2D eigenvalue weighted by atomic mass is 79.9. The number of pyridine rings is 1. The fourth-order valence-electron chi connectivity index (χ4n) is 2.26. The number of rotatable bonds is 1. The molecule has 1 aliphatic heterocycles. The van der Waals surface area contributed by atoms with E-state index in [-0.39, 0.29) is 21.3 Å². The van der Waals surface area contributed by atoms with Crippen LogP contribution in [0.15, 0.2) is 27.5 Å². The van der Waals surface area contributed by atoms with Crippen molar-refractivity contribution in [2.75, 3.05) is 5.73 Å². The zero-order chi connectivity index (χ0) is 16.2. The zero-order valence-electron chi connectivity index (χ0n) is 10.6. The van der Waals surface area contributed by atoms with Crippen molar-refractivity contribution in [3.63, 3.8) is 0 Å². The summed E-state index contributed by atoms with van der Waals surface area (Å²) < 4.78 is 27.8. The highest BCUT2D eigenvalue weighted by Crippen LogP contribution is 2.29. The molecule has 0 aliphatic carbocycles. The Morgan fingerprint density at radius 1 is 1.09 bits per heavy atom. The molecule has 1 aliphatic rings. The Labute approximate surface area is 129 Å². The van der Waals surface area contributed by atoms with Gasteiger partial charge in [0.1, 0.15) is 17.3 Å². The van der Waals surface area contributed by atoms with Crippen LogP contribution in [0.5, 0.6) is 0 Å². The van der Waals surface area contributed by atoms with Crippen molar-refractivity contribution >= 4 is 33.6 Å². The zero-order valence-corrected chi connectivity index (χ0v) is 12.2. The maximum atomic E-state index is 14.0. The van der Waals surface area contributed by atoms with Crippen molar-refractivity contribution in [3.05, 3.63) is 55.8 Å². The van der Waals surface area contributed by atoms with E-state index in [1.54, 1.807) is 0 Å². The topological polar surface area (TPSA) is 94.2 Å². The van der Waals surface area contributed by atoms with Crippen molar-refractivity contribution in [1.82, 2.24) is 9.88 Å². The number of halogens is 3. The number of carbonyl (C=O) groups excluding carboxylic acids is 2. The summed E-state index contributed by atoms with van der Waals surface area (Å²) in [6, 6.07) is 2.40. The SMILES string of the molecule is Nc1c2c(cc(=O)n1-c1c(F)cc(F)cc1Br)C(=O)NC2=O. The Morgan fingerprint density at radius 2 is 1.77 bits per heavy atom. The summed E-state index contributed by atoms with van der Waals surface area (Å²) in [6.45, 7) is 0. The minimum Gasteiger partial charge on any atom is -0.384 e. The summed E-state index contributed by atoms with van der Waals surface area (Å²) in [5.41, 5.74) is 4.19. The van der Waals surface area contributed by atoms with Crippen LogP contribution in [0.2, 0.25) is 0 Å². The molecule has 3 N–H and O–H groups in total. The molecule has 0 radical (unpaired) electrons. The van der Waals surface area contributed by atoms with Crippen molar-refractivity contribution in [2.45, 2.75) is 0 Å². The van der Waals surface area contributed by atoms with E-state index in [9.17, 15) is 23.2 Å².